The molecule has 1 saturated carbocycles. The molecule has 0 amide bonds. The minimum Gasteiger partial charge on any atom is -0.478 e. The molecule has 0 saturated heterocycles. The predicted octanol–water partition coefficient (Wildman–Crippen LogP) is 3.15. The summed E-state index contributed by atoms with van der Waals surface area (Å²) < 4.78 is 13.2. The SMILES string of the molecule is CC(C)CN(c1ccc(F)cc1C(=O)O)C1CC1. The largest absolute Gasteiger partial charge is 0.478 e. The van der Waals surface area contributed by atoms with Gasteiger partial charge in [0.25, 0.3) is 0 Å². The van der Waals surface area contributed by atoms with Crippen LogP contribution < -0.4 is 4.90 Å². The van der Waals surface area contributed by atoms with Crippen LogP contribution in [0.5, 0.6) is 0 Å². The van der Waals surface area contributed by atoms with Crippen LogP contribution in [0.25, 0.3) is 0 Å². The van der Waals surface area contributed by atoms with E-state index in [-0.39, 0.29) is 5.56 Å². The molecule has 0 spiro atoms. The van der Waals surface area contributed by atoms with E-state index >= 15 is 0 Å². The van der Waals surface area contributed by atoms with Crippen LogP contribution in [0.1, 0.15) is 37.0 Å². The number of rotatable bonds is 5. The lowest BCUT2D eigenvalue weighted by atomic mass is 10.1. The van der Waals surface area contributed by atoms with E-state index in [2.05, 4.69) is 18.7 Å². The van der Waals surface area contributed by atoms with Crippen LogP contribution in [-0.4, -0.2) is 23.7 Å². The zero-order valence-corrected chi connectivity index (χ0v) is 10.7. The van der Waals surface area contributed by atoms with Gasteiger partial charge in [-0.2, -0.15) is 0 Å². The molecule has 98 valence electrons. The van der Waals surface area contributed by atoms with Crippen LogP contribution in [0.2, 0.25) is 0 Å². The van der Waals surface area contributed by atoms with Crippen LogP contribution in [0.3, 0.4) is 0 Å². The molecule has 2 rings (SSSR count). The monoisotopic (exact) mass is 251 g/mol. The van der Waals surface area contributed by atoms with Gasteiger partial charge in [-0.1, -0.05) is 13.8 Å². The number of carboxylic acids is 1. The van der Waals surface area contributed by atoms with Crippen molar-refractivity contribution >= 4 is 11.7 Å². The predicted molar refractivity (Wildman–Crippen MR) is 68.6 cm³/mol. The summed E-state index contributed by atoms with van der Waals surface area (Å²) in [5, 5.41) is 9.18. The highest BCUT2D eigenvalue weighted by Crippen LogP contribution is 2.34. The van der Waals surface area contributed by atoms with Gasteiger partial charge in [0.1, 0.15) is 5.82 Å². The third-order valence-electron chi connectivity index (χ3n) is 3.05. The van der Waals surface area contributed by atoms with Crippen LogP contribution in [0.4, 0.5) is 10.1 Å². The van der Waals surface area contributed by atoms with Gasteiger partial charge in [-0.25, -0.2) is 9.18 Å². The van der Waals surface area contributed by atoms with E-state index in [0.29, 0.717) is 17.6 Å². The lowest BCUT2D eigenvalue weighted by molar-refractivity contribution is 0.0697. The minimum atomic E-state index is -1.07. The number of halogens is 1. The number of hydrogen-bond donors (Lipinski definition) is 1. The molecule has 0 unspecified atom stereocenters. The van der Waals surface area contributed by atoms with Crippen molar-refractivity contribution in [3.8, 4) is 0 Å². The summed E-state index contributed by atoms with van der Waals surface area (Å²) in [5.41, 5.74) is 0.697. The first-order valence-corrected chi connectivity index (χ1v) is 6.28. The average molecular weight is 251 g/mol. The zero-order chi connectivity index (χ0) is 13.3. The number of carbonyl (C=O) groups is 1. The molecule has 0 aliphatic heterocycles. The highest BCUT2D eigenvalue weighted by molar-refractivity contribution is 5.94. The second kappa shape index (κ2) is 4.96. The molecular formula is C14H18FNO2. The molecule has 0 radical (unpaired) electrons. The standard InChI is InChI=1S/C14H18FNO2/c1-9(2)8-16(11-4-5-11)13-6-3-10(15)7-12(13)14(17)18/h3,6-7,9,11H,4-5,8H2,1-2H3,(H,17,18). The fourth-order valence-electron chi connectivity index (χ4n) is 2.15. The maximum Gasteiger partial charge on any atom is 0.337 e. The quantitative estimate of drug-likeness (QED) is 0.874. The number of aromatic carboxylic acids is 1. The highest BCUT2D eigenvalue weighted by Gasteiger charge is 2.31. The third kappa shape index (κ3) is 2.81. The average Bonchev–Trinajstić information content (AvgIpc) is 3.09. The topological polar surface area (TPSA) is 40.5 Å². The minimum absolute atomic E-state index is 0.0579. The molecule has 1 aliphatic carbocycles. The van der Waals surface area contributed by atoms with Gasteiger partial charge in [0.2, 0.25) is 0 Å². The van der Waals surface area contributed by atoms with E-state index in [1.165, 1.54) is 6.07 Å². The van der Waals surface area contributed by atoms with Gasteiger partial charge in [0.15, 0.2) is 0 Å². The van der Waals surface area contributed by atoms with Crippen LogP contribution in [0, 0.1) is 11.7 Å². The first-order chi connectivity index (χ1) is 8.49. The Morgan fingerprint density at radius 2 is 2.17 bits per heavy atom. The van der Waals surface area contributed by atoms with Crippen molar-refractivity contribution in [2.24, 2.45) is 5.92 Å². The first kappa shape index (κ1) is 12.9. The van der Waals surface area contributed by atoms with Gasteiger partial charge in [-0.3, -0.25) is 0 Å². The summed E-state index contributed by atoms with van der Waals surface area (Å²) in [7, 11) is 0. The fraction of sp³-hybridized carbons (Fsp3) is 0.500. The van der Waals surface area contributed by atoms with Crippen molar-refractivity contribution in [2.45, 2.75) is 32.7 Å². The van der Waals surface area contributed by atoms with E-state index < -0.39 is 11.8 Å². The zero-order valence-electron chi connectivity index (χ0n) is 10.7. The Hall–Kier alpha value is -1.58. The van der Waals surface area contributed by atoms with Crippen molar-refractivity contribution in [3.05, 3.63) is 29.6 Å². The van der Waals surface area contributed by atoms with E-state index in [9.17, 15) is 14.3 Å². The maximum atomic E-state index is 13.2. The summed E-state index contributed by atoms with van der Waals surface area (Å²) >= 11 is 0. The van der Waals surface area contributed by atoms with Crippen molar-refractivity contribution in [1.29, 1.82) is 0 Å². The second-order valence-electron chi connectivity index (χ2n) is 5.24. The Morgan fingerprint density at radius 1 is 1.50 bits per heavy atom. The van der Waals surface area contributed by atoms with Crippen LogP contribution >= 0.6 is 0 Å². The van der Waals surface area contributed by atoms with Crippen molar-refractivity contribution in [2.75, 3.05) is 11.4 Å². The highest BCUT2D eigenvalue weighted by atomic mass is 19.1. The molecule has 1 aliphatic rings. The van der Waals surface area contributed by atoms with E-state index in [4.69, 9.17) is 0 Å². The molecule has 0 bridgehead atoms. The molecular weight excluding hydrogens is 233 g/mol. The fourth-order valence-corrected chi connectivity index (χ4v) is 2.15. The van der Waals surface area contributed by atoms with Crippen molar-refractivity contribution < 1.29 is 14.3 Å². The second-order valence-corrected chi connectivity index (χ2v) is 5.24. The Morgan fingerprint density at radius 3 is 2.67 bits per heavy atom. The first-order valence-electron chi connectivity index (χ1n) is 6.28. The van der Waals surface area contributed by atoms with Gasteiger partial charge in [0.05, 0.1) is 11.3 Å². The molecule has 1 aromatic carbocycles. The van der Waals surface area contributed by atoms with E-state index in [1.807, 2.05) is 0 Å². The lowest BCUT2D eigenvalue weighted by Crippen LogP contribution is -2.31. The Kier molecular flexibility index (Phi) is 3.55. The Labute approximate surface area is 106 Å². The number of anilines is 1. The number of nitrogens with zero attached hydrogens (tertiary/aromatic N) is 1. The summed E-state index contributed by atoms with van der Waals surface area (Å²) in [6, 6.07) is 4.43. The maximum absolute atomic E-state index is 13.2. The van der Waals surface area contributed by atoms with E-state index in [0.717, 1.165) is 25.5 Å². The molecule has 1 aromatic rings. The number of benzene rings is 1. The normalized spacial score (nSPS) is 14.9. The molecule has 0 atom stereocenters. The summed E-state index contributed by atoms with van der Waals surface area (Å²) in [4.78, 5) is 13.3. The molecule has 0 aromatic heterocycles. The van der Waals surface area contributed by atoms with Gasteiger partial charge < -0.3 is 10.0 Å². The third-order valence-corrected chi connectivity index (χ3v) is 3.05. The Bertz CT molecular complexity index is 455. The lowest BCUT2D eigenvalue weighted by Gasteiger charge is -2.28. The van der Waals surface area contributed by atoms with Crippen LogP contribution in [0.15, 0.2) is 18.2 Å². The van der Waals surface area contributed by atoms with Gasteiger partial charge in [-0.15, -0.1) is 0 Å². The smallest absolute Gasteiger partial charge is 0.337 e. The van der Waals surface area contributed by atoms with E-state index in [1.54, 1.807) is 6.07 Å². The van der Waals surface area contributed by atoms with Gasteiger partial charge in [-0.05, 0) is 37.0 Å². The molecule has 1 N–H and O–H groups in total. The summed E-state index contributed by atoms with van der Waals surface area (Å²) in [6.45, 7) is 5.00. The van der Waals surface area contributed by atoms with Gasteiger partial charge in [0, 0.05) is 12.6 Å². The van der Waals surface area contributed by atoms with Gasteiger partial charge >= 0.3 is 5.97 Å². The Balaban J connectivity index is 2.37. The van der Waals surface area contributed by atoms with Crippen LogP contribution in [-0.2, 0) is 0 Å². The molecule has 3 nitrogen and oxygen atoms in total. The molecule has 0 heterocycles. The molecule has 1 fully saturated rings. The molecule has 4 heteroatoms. The summed E-state index contributed by atoms with van der Waals surface area (Å²) in [6.07, 6.45) is 2.17. The van der Waals surface area contributed by atoms with Crippen molar-refractivity contribution in [1.82, 2.24) is 0 Å². The van der Waals surface area contributed by atoms with Crippen molar-refractivity contribution in [3.63, 3.8) is 0 Å². The molecule has 18 heavy (non-hydrogen) atoms. The number of carboxylic acid groups (broad SMARTS) is 1. The summed E-state index contributed by atoms with van der Waals surface area (Å²) in [5.74, 6) is -1.13. The number of hydrogen-bond acceptors (Lipinski definition) is 2.